The molecule has 1 fully saturated rings. The molecular weight excluding hydrogens is 282 g/mol. The van der Waals surface area contributed by atoms with Crippen molar-refractivity contribution in [3.8, 4) is 5.75 Å². The molecule has 1 saturated heterocycles. The molecule has 0 aromatic heterocycles. The van der Waals surface area contributed by atoms with Gasteiger partial charge in [-0.05, 0) is 56.0 Å². The first-order valence-electron chi connectivity index (χ1n) is 7.89. The smallest absolute Gasteiger partial charge is 0.119 e. The molecule has 3 nitrogen and oxygen atoms in total. The van der Waals surface area contributed by atoms with Crippen LogP contribution in [-0.4, -0.2) is 37.9 Å². The van der Waals surface area contributed by atoms with Crippen LogP contribution in [0.25, 0.3) is 0 Å². The lowest BCUT2D eigenvalue weighted by Crippen LogP contribution is -2.33. The fourth-order valence-electron chi connectivity index (χ4n) is 3.42. The molecule has 3 rings (SSSR count). The normalized spacial score (nSPS) is 28.4. The van der Waals surface area contributed by atoms with Crippen LogP contribution in [0.15, 0.2) is 18.2 Å². The molecule has 0 bridgehead atoms. The van der Waals surface area contributed by atoms with Crippen LogP contribution in [0.4, 0.5) is 0 Å². The van der Waals surface area contributed by atoms with Gasteiger partial charge in [-0.3, -0.25) is 0 Å². The van der Waals surface area contributed by atoms with Crippen molar-refractivity contribution in [3.05, 3.63) is 29.3 Å². The van der Waals surface area contributed by atoms with Crippen LogP contribution in [0.2, 0.25) is 0 Å². The number of fused-ring (bicyclic) bond motifs is 1. The molecule has 1 aromatic carbocycles. The summed E-state index contributed by atoms with van der Waals surface area (Å²) in [5, 5.41) is 4.16. The highest BCUT2D eigenvalue weighted by molar-refractivity contribution is 8.00. The number of aryl methyl sites for hydroxylation is 1. The molecule has 2 aliphatic rings. The van der Waals surface area contributed by atoms with Gasteiger partial charge in [-0.1, -0.05) is 6.07 Å². The molecule has 21 heavy (non-hydrogen) atoms. The van der Waals surface area contributed by atoms with Gasteiger partial charge in [0.05, 0.1) is 13.2 Å². The van der Waals surface area contributed by atoms with Gasteiger partial charge in [0.15, 0.2) is 0 Å². The molecule has 0 spiro atoms. The summed E-state index contributed by atoms with van der Waals surface area (Å²) in [6, 6.07) is 6.94. The average Bonchev–Trinajstić information content (AvgIpc) is 3.05. The van der Waals surface area contributed by atoms with Gasteiger partial charge in [0.25, 0.3) is 0 Å². The van der Waals surface area contributed by atoms with Crippen LogP contribution in [0.1, 0.15) is 36.4 Å². The van der Waals surface area contributed by atoms with E-state index < -0.39 is 0 Å². The van der Waals surface area contributed by atoms with Gasteiger partial charge < -0.3 is 14.8 Å². The lowest BCUT2D eigenvalue weighted by molar-refractivity contribution is 0.128. The van der Waals surface area contributed by atoms with E-state index in [0.717, 1.165) is 24.5 Å². The fraction of sp³-hybridized carbons (Fsp3) is 0.647. The highest BCUT2D eigenvalue weighted by Gasteiger charge is 2.30. The Hall–Kier alpha value is -0.710. The van der Waals surface area contributed by atoms with Crippen LogP contribution >= 0.6 is 11.8 Å². The van der Waals surface area contributed by atoms with Gasteiger partial charge in [0.1, 0.15) is 5.75 Å². The van der Waals surface area contributed by atoms with Gasteiger partial charge in [-0.25, -0.2) is 0 Å². The molecule has 0 saturated carbocycles. The van der Waals surface area contributed by atoms with Crippen molar-refractivity contribution in [2.75, 3.05) is 26.5 Å². The third kappa shape index (κ3) is 3.38. The maximum atomic E-state index is 5.75. The van der Waals surface area contributed by atoms with E-state index in [4.69, 9.17) is 9.47 Å². The topological polar surface area (TPSA) is 30.5 Å². The second-order valence-electron chi connectivity index (χ2n) is 5.88. The van der Waals surface area contributed by atoms with E-state index in [0.29, 0.717) is 17.4 Å². The molecule has 1 aliphatic carbocycles. The van der Waals surface area contributed by atoms with Crippen molar-refractivity contribution in [1.29, 1.82) is 0 Å². The van der Waals surface area contributed by atoms with Crippen LogP contribution in [-0.2, 0) is 11.2 Å². The molecule has 3 atom stereocenters. The largest absolute Gasteiger partial charge is 0.497 e. The molecule has 1 aromatic rings. The molecule has 0 amide bonds. The van der Waals surface area contributed by atoms with Gasteiger partial charge >= 0.3 is 0 Å². The van der Waals surface area contributed by atoms with Crippen LogP contribution in [0, 0.1) is 0 Å². The number of nitrogens with one attached hydrogen (secondary N) is 1. The Labute approximate surface area is 131 Å². The van der Waals surface area contributed by atoms with Gasteiger partial charge in [0.2, 0.25) is 0 Å². The summed E-state index contributed by atoms with van der Waals surface area (Å²) in [6.07, 6.45) is 5.31. The lowest BCUT2D eigenvalue weighted by atomic mass is 9.87. The van der Waals surface area contributed by atoms with E-state index in [2.05, 4.69) is 42.3 Å². The summed E-state index contributed by atoms with van der Waals surface area (Å²) >= 11 is 2.08. The summed E-state index contributed by atoms with van der Waals surface area (Å²) < 4.78 is 11.1. The highest BCUT2D eigenvalue weighted by atomic mass is 32.2. The first-order valence-corrected chi connectivity index (χ1v) is 8.94. The summed E-state index contributed by atoms with van der Waals surface area (Å²) in [7, 11) is 3.81. The van der Waals surface area contributed by atoms with Gasteiger partial charge in [-0.2, -0.15) is 11.8 Å². The quantitative estimate of drug-likeness (QED) is 0.905. The van der Waals surface area contributed by atoms with Crippen LogP contribution in [0.5, 0.6) is 5.75 Å². The lowest BCUT2D eigenvalue weighted by Gasteiger charge is -2.33. The van der Waals surface area contributed by atoms with Crippen molar-refractivity contribution in [2.24, 2.45) is 0 Å². The first kappa shape index (κ1) is 15.2. The van der Waals surface area contributed by atoms with E-state index in [9.17, 15) is 0 Å². The van der Waals surface area contributed by atoms with Crippen molar-refractivity contribution in [2.45, 2.75) is 43.1 Å². The van der Waals surface area contributed by atoms with E-state index in [1.54, 1.807) is 7.11 Å². The van der Waals surface area contributed by atoms with Crippen LogP contribution < -0.4 is 10.1 Å². The molecule has 4 heteroatoms. The number of hydrogen-bond acceptors (Lipinski definition) is 4. The highest BCUT2D eigenvalue weighted by Crippen LogP contribution is 2.39. The molecule has 3 unspecified atom stereocenters. The standard InChI is InChI=1S/C17H25NO2S/c1-18-17-15-7-6-13(19-2)10-12(15)5-8-16(17)21-11-14-4-3-9-20-14/h6-7,10,14,16-18H,3-5,8-9,11H2,1-2H3. The summed E-state index contributed by atoms with van der Waals surface area (Å²) in [5.74, 6) is 2.10. The number of hydrogen-bond donors (Lipinski definition) is 1. The third-order valence-electron chi connectivity index (χ3n) is 4.59. The van der Waals surface area contributed by atoms with E-state index in [1.165, 1.54) is 30.4 Å². The van der Waals surface area contributed by atoms with Crippen molar-refractivity contribution < 1.29 is 9.47 Å². The second kappa shape index (κ2) is 7.03. The van der Waals surface area contributed by atoms with Gasteiger partial charge in [-0.15, -0.1) is 0 Å². The minimum atomic E-state index is 0.436. The molecular formula is C17H25NO2S. The molecule has 1 aliphatic heterocycles. The van der Waals surface area contributed by atoms with Crippen molar-refractivity contribution in [3.63, 3.8) is 0 Å². The predicted octanol–water partition coefficient (Wildman–Crippen LogP) is 3.18. The monoisotopic (exact) mass is 307 g/mol. The summed E-state index contributed by atoms with van der Waals surface area (Å²) in [5.41, 5.74) is 2.87. The molecule has 116 valence electrons. The maximum Gasteiger partial charge on any atom is 0.119 e. The zero-order valence-corrected chi connectivity index (χ0v) is 13.7. The molecule has 1 N–H and O–H groups in total. The number of rotatable bonds is 5. The van der Waals surface area contributed by atoms with Gasteiger partial charge in [0, 0.05) is 23.7 Å². The Morgan fingerprint density at radius 3 is 3.00 bits per heavy atom. The number of methoxy groups -OCH3 is 1. The Kier molecular flexibility index (Phi) is 5.09. The fourth-order valence-corrected chi connectivity index (χ4v) is 4.91. The molecule has 1 heterocycles. The number of thioether (sulfide) groups is 1. The molecule has 0 radical (unpaired) electrons. The number of benzene rings is 1. The Balaban J connectivity index is 1.68. The minimum absolute atomic E-state index is 0.436. The van der Waals surface area contributed by atoms with E-state index in [-0.39, 0.29) is 0 Å². The Morgan fingerprint density at radius 2 is 2.29 bits per heavy atom. The van der Waals surface area contributed by atoms with E-state index in [1.807, 2.05) is 0 Å². The summed E-state index contributed by atoms with van der Waals surface area (Å²) in [4.78, 5) is 0. The van der Waals surface area contributed by atoms with Crippen LogP contribution in [0.3, 0.4) is 0 Å². The van der Waals surface area contributed by atoms with Crippen molar-refractivity contribution in [1.82, 2.24) is 5.32 Å². The Bertz CT molecular complexity index is 474. The number of ether oxygens (including phenoxy) is 2. The third-order valence-corrected chi connectivity index (χ3v) is 6.09. The predicted molar refractivity (Wildman–Crippen MR) is 88.3 cm³/mol. The average molecular weight is 307 g/mol. The zero-order chi connectivity index (χ0) is 14.7. The second-order valence-corrected chi connectivity index (χ2v) is 7.15. The minimum Gasteiger partial charge on any atom is -0.497 e. The summed E-state index contributed by atoms with van der Waals surface area (Å²) in [6.45, 7) is 0.952. The Morgan fingerprint density at radius 1 is 1.38 bits per heavy atom. The maximum absolute atomic E-state index is 5.75. The zero-order valence-electron chi connectivity index (χ0n) is 12.9. The van der Waals surface area contributed by atoms with Crippen molar-refractivity contribution >= 4 is 11.8 Å². The van der Waals surface area contributed by atoms with E-state index >= 15 is 0 Å². The SMILES string of the molecule is CNC1c2ccc(OC)cc2CCC1SCC1CCCO1. The first-order chi connectivity index (χ1) is 10.3.